The Kier molecular flexibility index (Phi) is 3.57. The van der Waals surface area contributed by atoms with Gasteiger partial charge in [0.2, 0.25) is 0 Å². The molecule has 5 heterocycles. The van der Waals surface area contributed by atoms with Crippen LogP contribution in [-0.4, -0.2) is 38.4 Å². The maximum absolute atomic E-state index is 13.3. The average Bonchev–Trinajstić information content (AvgIpc) is 3.48. The summed E-state index contributed by atoms with van der Waals surface area (Å²) < 4.78 is 7.68. The Morgan fingerprint density at radius 3 is 2.94 bits per heavy atom. The largest absolute Gasteiger partial charge is 0.381 e. The quantitative estimate of drug-likeness (QED) is 0.506. The number of carbonyl (C=O) groups is 1. The van der Waals surface area contributed by atoms with Crippen LogP contribution >= 0.6 is 0 Å². The van der Waals surface area contributed by atoms with Crippen LogP contribution in [0.5, 0.6) is 0 Å². The summed E-state index contributed by atoms with van der Waals surface area (Å²) >= 11 is 0. The molecule has 2 atom stereocenters. The minimum absolute atomic E-state index is 0.0231. The number of nitrogens with one attached hydrogen (secondary N) is 1. The van der Waals surface area contributed by atoms with E-state index in [1.807, 2.05) is 15.4 Å². The molecule has 2 aromatic heterocycles. The van der Waals surface area contributed by atoms with E-state index in [2.05, 4.69) is 41.2 Å². The second-order valence-electron chi connectivity index (χ2n) is 9.15. The van der Waals surface area contributed by atoms with E-state index < -0.39 is 0 Å². The molecule has 0 radical (unpaired) electrons. The molecule has 0 saturated carbocycles. The van der Waals surface area contributed by atoms with Crippen molar-refractivity contribution in [2.45, 2.75) is 38.3 Å². The summed E-state index contributed by atoms with van der Waals surface area (Å²) in [5.41, 5.74) is 7.20. The van der Waals surface area contributed by atoms with Gasteiger partial charge in [0.05, 0.1) is 29.9 Å². The van der Waals surface area contributed by atoms with Gasteiger partial charge in [-0.05, 0) is 54.2 Å². The summed E-state index contributed by atoms with van der Waals surface area (Å²) in [6.45, 7) is 4.11. The molecular formula is C25H22N4O3. The van der Waals surface area contributed by atoms with Crippen molar-refractivity contribution >= 4 is 22.5 Å². The molecule has 32 heavy (non-hydrogen) atoms. The first kappa shape index (κ1) is 18.2. The third kappa shape index (κ3) is 2.26. The van der Waals surface area contributed by atoms with Crippen LogP contribution in [0.3, 0.4) is 0 Å². The highest BCUT2D eigenvalue weighted by Gasteiger charge is 2.44. The molecule has 7 nitrogen and oxygen atoms in total. The topological polar surface area (TPSA) is 79.7 Å². The Balaban J connectivity index is 1.52. The molecule has 2 aromatic carbocycles. The Morgan fingerprint density at radius 1 is 1.19 bits per heavy atom. The van der Waals surface area contributed by atoms with Gasteiger partial charge in [-0.1, -0.05) is 18.2 Å². The van der Waals surface area contributed by atoms with Gasteiger partial charge in [-0.3, -0.25) is 14.0 Å². The number of aromatic amines is 1. The smallest absolute Gasteiger partial charge is 0.274 e. The van der Waals surface area contributed by atoms with Gasteiger partial charge in [-0.2, -0.15) is 0 Å². The van der Waals surface area contributed by atoms with Crippen molar-refractivity contribution in [1.82, 2.24) is 19.3 Å². The number of imidazole rings is 1. The van der Waals surface area contributed by atoms with Crippen LogP contribution in [0.15, 0.2) is 41.3 Å². The van der Waals surface area contributed by atoms with E-state index in [4.69, 9.17) is 4.74 Å². The monoisotopic (exact) mass is 426 g/mol. The number of rotatable bonds is 1. The molecule has 1 fully saturated rings. The molecule has 0 spiro atoms. The van der Waals surface area contributed by atoms with Crippen molar-refractivity contribution in [2.24, 2.45) is 0 Å². The molecule has 1 saturated heterocycles. The lowest BCUT2D eigenvalue weighted by Gasteiger charge is -2.21. The lowest BCUT2D eigenvalue weighted by atomic mass is 9.93. The van der Waals surface area contributed by atoms with Crippen LogP contribution in [0.25, 0.3) is 16.6 Å². The fourth-order valence-corrected chi connectivity index (χ4v) is 5.87. The molecule has 1 amide bonds. The first-order valence-electron chi connectivity index (χ1n) is 11.2. The van der Waals surface area contributed by atoms with Crippen LogP contribution in [0.2, 0.25) is 0 Å². The van der Waals surface area contributed by atoms with E-state index in [1.165, 1.54) is 16.7 Å². The summed E-state index contributed by atoms with van der Waals surface area (Å²) in [7, 11) is 0. The van der Waals surface area contributed by atoms with Crippen molar-refractivity contribution < 1.29 is 9.53 Å². The van der Waals surface area contributed by atoms with Gasteiger partial charge in [0.25, 0.3) is 11.5 Å². The highest BCUT2D eigenvalue weighted by atomic mass is 16.5. The first-order valence-corrected chi connectivity index (χ1v) is 11.2. The van der Waals surface area contributed by atoms with E-state index in [9.17, 15) is 9.59 Å². The third-order valence-corrected chi connectivity index (χ3v) is 7.33. The van der Waals surface area contributed by atoms with Crippen molar-refractivity contribution in [3.05, 3.63) is 80.5 Å². The maximum atomic E-state index is 13.3. The molecule has 3 aliphatic rings. The molecular weight excluding hydrogens is 404 g/mol. The number of amides is 1. The van der Waals surface area contributed by atoms with Gasteiger partial charge in [-0.25, -0.2) is 4.98 Å². The van der Waals surface area contributed by atoms with E-state index in [0.717, 1.165) is 36.4 Å². The predicted molar refractivity (Wildman–Crippen MR) is 119 cm³/mol. The summed E-state index contributed by atoms with van der Waals surface area (Å²) in [6, 6.07) is 10.1. The number of nitrogens with zero attached hydrogens (tertiary/aromatic N) is 3. The molecule has 1 N–H and O–H groups in total. The standard InChI is InChI=1S/C25H22N4O3/c1-13-4-2-5-14-11-28-22(21(13)14)16-9-19-18(8-17(16)25(28)31)27-24(30)20-10-26-23(29(19)20)15-6-3-7-32-12-15/h2,4-5,8-10,15,22H,3,6-7,11-12H2,1H3,(H,27,30). The van der Waals surface area contributed by atoms with Gasteiger partial charge in [-0.15, -0.1) is 0 Å². The molecule has 2 unspecified atom stereocenters. The number of hydrogen-bond acceptors (Lipinski definition) is 4. The Morgan fingerprint density at radius 2 is 2.09 bits per heavy atom. The summed E-state index contributed by atoms with van der Waals surface area (Å²) in [5.74, 6) is 1.03. The van der Waals surface area contributed by atoms with Gasteiger partial charge in [0, 0.05) is 24.6 Å². The van der Waals surface area contributed by atoms with E-state index in [0.29, 0.717) is 29.7 Å². The number of aromatic nitrogens is 3. The molecule has 0 bridgehead atoms. The number of hydrogen-bond donors (Lipinski definition) is 1. The Labute approximate surface area is 183 Å². The Bertz CT molecular complexity index is 1510. The predicted octanol–water partition coefficient (Wildman–Crippen LogP) is 3.44. The highest BCUT2D eigenvalue weighted by molar-refractivity contribution is 6.03. The maximum Gasteiger partial charge on any atom is 0.274 e. The SMILES string of the molecule is Cc1cccc2c1C1c3cc4c(cc3C(=O)N1C2)[nH]c(=O)c1cnc(C2CCCOC2)n14. The van der Waals surface area contributed by atoms with Gasteiger partial charge in [0.15, 0.2) is 0 Å². The molecule has 7 heteroatoms. The number of carbonyl (C=O) groups excluding carboxylic acids is 1. The van der Waals surface area contributed by atoms with Crippen molar-refractivity contribution in [3.63, 3.8) is 0 Å². The minimum Gasteiger partial charge on any atom is -0.381 e. The number of fused-ring (bicyclic) bond motifs is 8. The van der Waals surface area contributed by atoms with Gasteiger partial charge in [0.1, 0.15) is 11.3 Å². The number of aryl methyl sites for hydroxylation is 1. The zero-order chi connectivity index (χ0) is 21.6. The molecule has 4 aromatic rings. The summed E-state index contributed by atoms with van der Waals surface area (Å²) in [4.78, 5) is 35.7. The fraction of sp³-hybridized carbons (Fsp3) is 0.320. The number of benzene rings is 2. The lowest BCUT2D eigenvalue weighted by molar-refractivity contribution is 0.0759. The zero-order valence-electron chi connectivity index (χ0n) is 17.7. The molecule has 7 rings (SSSR count). The number of H-pyrrole nitrogens is 1. The second-order valence-corrected chi connectivity index (χ2v) is 9.15. The summed E-state index contributed by atoms with van der Waals surface area (Å²) in [6.07, 6.45) is 3.62. The zero-order valence-corrected chi connectivity index (χ0v) is 17.7. The van der Waals surface area contributed by atoms with Crippen LogP contribution in [0.4, 0.5) is 0 Å². The Hall–Kier alpha value is -3.45. The van der Waals surface area contributed by atoms with Crippen LogP contribution in [0, 0.1) is 6.92 Å². The van der Waals surface area contributed by atoms with Crippen molar-refractivity contribution in [2.75, 3.05) is 13.2 Å². The van der Waals surface area contributed by atoms with E-state index in [1.54, 1.807) is 6.20 Å². The molecule has 0 aliphatic carbocycles. The van der Waals surface area contributed by atoms with E-state index >= 15 is 0 Å². The van der Waals surface area contributed by atoms with Crippen molar-refractivity contribution in [3.8, 4) is 0 Å². The van der Waals surface area contributed by atoms with Crippen LogP contribution < -0.4 is 5.56 Å². The molecule has 160 valence electrons. The molecule has 3 aliphatic heterocycles. The number of ether oxygens (including phenoxy) is 1. The second kappa shape index (κ2) is 6.29. The van der Waals surface area contributed by atoms with Crippen molar-refractivity contribution in [1.29, 1.82) is 0 Å². The van der Waals surface area contributed by atoms with Gasteiger partial charge >= 0.3 is 0 Å². The van der Waals surface area contributed by atoms with Crippen LogP contribution in [-0.2, 0) is 11.3 Å². The summed E-state index contributed by atoms with van der Waals surface area (Å²) in [5, 5.41) is 0. The normalized spacial score (nSPS) is 21.9. The average molecular weight is 426 g/mol. The highest BCUT2D eigenvalue weighted by Crippen LogP contribution is 2.47. The van der Waals surface area contributed by atoms with E-state index in [-0.39, 0.29) is 23.4 Å². The first-order chi connectivity index (χ1) is 15.6. The lowest BCUT2D eigenvalue weighted by Crippen LogP contribution is -2.22. The third-order valence-electron chi connectivity index (χ3n) is 7.33. The minimum atomic E-state index is -0.194. The fourth-order valence-electron chi connectivity index (χ4n) is 5.87. The van der Waals surface area contributed by atoms with Gasteiger partial charge < -0.3 is 14.6 Å². The van der Waals surface area contributed by atoms with Crippen LogP contribution in [0.1, 0.15) is 63.2 Å².